The van der Waals surface area contributed by atoms with E-state index in [2.05, 4.69) is 22.2 Å². The molecule has 1 atom stereocenters. The first-order chi connectivity index (χ1) is 14.8. The Balaban J connectivity index is 1.48. The fourth-order valence-electron chi connectivity index (χ4n) is 3.75. The van der Waals surface area contributed by atoms with E-state index in [1.165, 1.54) is 5.56 Å². The molecular formula is C23H29N3O4S. The quantitative estimate of drug-likeness (QED) is 0.613. The average Bonchev–Trinajstić information content (AvgIpc) is 2.76. The fourth-order valence-corrected chi connectivity index (χ4v) is 4.31. The van der Waals surface area contributed by atoms with Gasteiger partial charge in [-0.1, -0.05) is 30.3 Å². The van der Waals surface area contributed by atoms with Crippen molar-refractivity contribution >= 4 is 27.5 Å². The van der Waals surface area contributed by atoms with Crippen LogP contribution in [-0.4, -0.2) is 51.0 Å². The number of nitrogens with one attached hydrogen (secondary N) is 2. The molecule has 2 amide bonds. The summed E-state index contributed by atoms with van der Waals surface area (Å²) in [5.74, 6) is -0.355. The van der Waals surface area contributed by atoms with Gasteiger partial charge in [0, 0.05) is 30.9 Å². The minimum atomic E-state index is -3.36. The minimum absolute atomic E-state index is 0.00161. The van der Waals surface area contributed by atoms with Crippen LogP contribution in [0.2, 0.25) is 0 Å². The number of piperidine rings is 1. The number of anilines is 1. The summed E-state index contributed by atoms with van der Waals surface area (Å²) in [6.45, 7) is 1.62. The van der Waals surface area contributed by atoms with Gasteiger partial charge in [0.2, 0.25) is 15.9 Å². The van der Waals surface area contributed by atoms with Crippen LogP contribution in [0.25, 0.3) is 0 Å². The molecule has 2 N–H and O–H groups in total. The van der Waals surface area contributed by atoms with Crippen LogP contribution in [0.15, 0.2) is 54.6 Å². The molecule has 0 unspecified atom stereocenters. The summed E-state index contributed by atoms with van der Waals surface area (Å²) in [7, 11) is -3.36. The van der Waals surface area contributed by atoms with Gasteiger partial charge in [-0.3, -0.25) is 14.3 Å². The number of hydrogen-bond donors (Lipinski definition) is 2. The van der Waals surface area contributed by atoms with Gasteiger partial charge in [0.05, 0.1) is 12.2 Å². The molecule has 1 saturated heterocycles. The van der Waals surface area contributed by atoms with E-state index in [1.807, 2.05) is 18.2 Å². The standard InChI is InChI=1S/C23H29N3O4S/c1-31(29,30)25-21-13-11-19(12-14-21)23(28)26-16-6-10-20(17-26)22(27)24-15-5-9-18-7-3-2-4-8-18/h2-4,7-8,11-14,20,25H,5-6,9-10,15-17H2,1H3,(H,24,27)/t20-/m0/s1. The second kappa shape index (κ2) is 10.4. The van der Waals surface area contributed by atoms with E-state index in [4.69, 9.17) is 0 Å². The maximum absolute atomic E-state index is 12.8. The summed E-state index contributed by atoms with van der Waals surface area (Å²) in [6, 6.07) is 16.5. The lowest BCUT2D eigenvalue weighted by molar-refractivity contribution is -0.126. The van der Waals surface area contributed by atoms with Crippen LogP contribution < -0.4 is 10.0 Å². The monoisotopic (exact) mass is 443 g/mol. The summed E-state index contributed by atoms with van der Waals surface area (Å²) < 4.78 is 25.0. The molecule has 1 fully saturated rings. The zero-order valence-corrected chi connectivity index (χ0v) is 18.5. The van der Waals surface area contributed by atoms with Crippen LogP contribution in [0, 0.1) is 5.92 Å². The Morgan fingerprint density at radius 2 is 1.77 bits per heavy atom. The van der Waals surface area contributed by atoms with Gasteiger partial charge in [-0.05, 0) is 55.5 Å². The smallest absolute Gasteiger partial charge is 0.253 e. The lowest BCUT2D eigenvalue weighted by Crippen LogP contribution is -2.45. The normalized spacial score (nSPS) is 16.5. The summed E-state index contributed by atoms with van der Waals surface area (Å²) in [6.07, 6.45) is 4.42. The number of amides is 2. The van der Waals surface area contributed by atoms with Crippen molar-refractivity contribution in [3.63, 3.8) is 0 Å². The van der Waals surface area contributed by atoms with Crippen molar-refractivity contribution in [2.75, 3.05) is 30.6 Å². The van der Waals surface area contributed by atoms with E-state index in [-0.39, 0.29) is 17.7 Å². The largest absolute Gasteiger partial charge is 0.356 e. The molecule has 1 aliphatic heterocycles. The molecule has 8 heteroatoms. The molecule has 2 aromatic rings. The first kappa shape index (κ1) is 22.8. The van der Waals surface area contributed by atoms with Crippen LogP contribution in [0.1, 0.15) is 35.2 Å². The SMILES string of the molecule is CS(=O)(=O)Nc1ccc(C(=O)N2CCC[C@H](C(=O)NCCCc3ccccc3)C2)cc1. The molecule has 3 rings (SSSR count). The highest BCUT2D eigenvalue weighted by molar-refractivity contribution is 7.92. The average molecular weight is 444 g/mol. The van der Waals surface area contributed by atoms with Crippen molar-refractivity contribution < 1.29 is 18.0 Å². The predicted octanol–water partition coefficient (Wildman–Crippen LogP) is 2.66. The number of likely N-dealkylation sites (tertiary alicyclic amines) is 1. The van der Waals surface area contributed by atoms with Crippen molar-refractivity contribution in [2.24, 2.45) is 5.92 Å². The third-order valence-electron chi connectivity index (χ3n) is 5.30. The number of rotatable bonds is 8. The number of aryl methyl sites for hydroxylation is 1. The number of hydrogen-bond acceptors (Lipinski definition) is 4. The number of carbonyl (C=O) groups is 2. The summed E-state index contributed by atoms with van der Waals surface area (Å²) in [4.78, 5) is 27.1. The van der Waals surface area contributed by atoms with Gasteiger partial charge in [0.15, 0.2) is 0 Å². The highest BCUT2D eigenvalue weighted by Gasteiger charge is 2.28. The highest BCUT2D eigenvalue weighted by Crippen LogP contribution is 2.20. The maximum atomic E-state index is 12.8. The molecular weight excluding hydrogens is 414 g/mol. The van der Waals surface area contributed by atoms with Gasteiger partial charge in [-0.25, -0.2) is 8.42 Å². The molecule has 0 bridgehead atoms. The summed E-state index contributed by atoms with van der Waals surface area (Å²) in [5.41, 5.74) is 2.14. The Morgan fingerprint density at radius 1 is 1.06 bits per heavy atom. The number of sulfonamides is 1. The molecule has 7 nitrogen and oxygen atoms in total. The number of benzene rings is 2. The number of carbonyl (C=O) groups excluding carboxylic acids is 2. The zero-order valence-electron chi connectivity index (χ0n) is 17.7. The van der Waals surface area contributed by atoms with E-state index in [1.54, 1.807) is 29.2 Å². The van der Waals surface area contributed by atoms with Gasteiger partial charge in [0.1, 0.15) is 0 Å². The van der Waals surface area contributed by atoms with E-state index in [0.717, 1.165) is 31.9 Å². The Hall–Kier alpha value is -2.87. The van der Waals surface area contributed by atoms with E-state index < -0.39 is 10.0 Å². The Bertz CT molecular complexity index is 991. The maximum Gasteiger partial charge on any atom is 0.253 e. The Labute approximate surface area is 183 Å². The molecule has 0 saturated carbocycles. The van der Waals surface area contributed by atoms with E-state index in [9.17, 15) is 18.0 Å². The second-order valence-electron chi connectivity index (χ2n) is 7.92. The summed E-state index contributed by atoms with van der Waals surface area (Å²) >= 11 is 0. The molecule has 31 heavy (non-hydrogen) atoms. The molecule has 0 aromatic heterocycles. The Kier molecular flexibility index (Phi) is 7.68. The van der Waals surface area contributed by atoms with Gasteiger partial charge >= 0.3 is 0 Å². The lowest BCUT2D eigenvalue weighted by Gasteiger charge is -2.32. The van der Waals surface area contributed by atoms with Crippen molar-refractivity contribution in [3.05, 3.63) is 65.7 Å². The summed E-state index contributed by atoms with van der Waals surface area (Å²) in [5, 5.41) is 3.01. The molecule has 0 aliphatic carbocycles. The van der Waals surface area contributed by atoms with E-state index in [0.29, 0.717) is 30.9 Å². The van der Waals surface area contributed by atoms with Crippen LogP contribution in [0.4, 0.5) is 5.69 Å². The molecule has 0 spiro atoms. The first-order valence-electron chi connectivity index (χ1n) is 10.5. The zero-order chi connectivity index (χ0) is 22.3. The predicted molar refractivity (Wildman–Crippen MR) is 121 cm³/mol. The Morgan fingerprint density at radius 3 is 2.45 bits per heavy atom. The second-order valence-corrected chi connectivity index (χ2v) is 9.67. The van der Waals surface area contributed by atoms with Crippen LogP contribution in [0.3, 0.4) is 0 Å². The van der Waals surface area contributed by atoms with Gasteiger partial charge in [-0.15, -0.1) is 0 Å². The lowest BCUT2D eigenvalue weighted by atomic mass is 9.96. The fraction of sp³-hybridized carbons (Fsp3) is 0.391. The van der Waals surface area contributed by atoms with Crippen molar-refractivity contribution in [1.29, 1.82) is 0 Å². The molecule has 1 heterocycles. The molecule has 166 valence electrons. The van der Waals surface area contributed by atoms with Gasteiger partial charge < -0.3 is 10.2 Å². The molecule has 2 aromatic carbocycles. The minimum Gasteiger partial charge on any atom is -0.356 e. The van der Waals surface area contributed by atoms with Crippen LogP contribution in [-0.2, 0) is 21.2 Å². The van der Waals surface area contributed by atoms with Crippen LogP contribution >= 0.6 is 0 Å². The highest BCUT2D eigenvalue weighted by atomic mass is 32.2. The third-order valence-corrected chi connectivity index (χ3v) is 5.91. The van der Waals surface area contributed by atoms with Crippen molar-refractivity contribution in [1.82, 2.24) is 10.2 Å². The first-order valence-corrected chi connectivity index (χ1v) is 12.4. The van der Waals surface area contributed by atoms with Crippen molar-refractivity contribution in [3.8, 4) is 0 Å². The third kappa shape index (κ3) is 7.10. The topological polar surface area (TPSA) is 95.6 Å². The number of nitrogens with zero attached hydrogens (tertiary/aromatic N) is 1. The van der Waals surface area contributed by atoms with Gasteiger partial charge in [0.25, 0.3) is 5.91 Å². The van der Waals surface area contributed by atoms with Crippen LogP contribution in [0.5, 0.6) is 0 Å². The van der Waals surface area contributed by atoms with E-state index >= 15 is 0 Å². The molecule has 0 radical (unpaired) electrons. The van der Waals surface area contributed by atoms with Crippen molar-refractivity contribution in [2.45, 2.75) is 25.7 Å². The van der Waals surface area contributed by atoms with Gasteiger partial charge in [-0.2, -0.15) is 0 Å². The molecule has 1 aliphatic rings.